The first-order valence-electron chi connectivity index (χ1n) is 13.5. The highest BCUT2D eigenvalue weighted by Crippen LogP contribution is 2.49. The molecule has 0 saturated heterocycles. The van der Waals surface area contributed by atoms with E-state index in [0.29, 0.717) is 47.5 Å². The summed E-state index contributed by atoms with van der Waals surface area (Å²) in [5.74, 6) is -1.83. The summed E-state index contributed by atoms with van der Waals surface area (Å²) in [5.41, 5.74) is 2.72. The van der Waals surface area contributed by atoms with Gasteiger partial charge in [0.2, 0.25) is 0 Å². The fourth-order valence-corrected chi connectivity index (χ4v) is 6.07. The molecule has 0 spiro atoms. The third-order valence-corrected chi connectivity index (χ3v) is 8.26. The second kappa shape index (κ2) is 11.9. The largest absolute Gasteiger partial charge is 0.465 e. The lowest BCUT2D eigenvalue weighted by atomic mass is 9.72. The van der Waals surface area contributed by atoms with Gasteiger partial charge < -0.3 is 20.1 Å². The maximum Gasteiger partial charge on any atom is 0.337 e. The van der Waals surface area contributed by atoms with Crippen molar-refractivity contribution in [1.29, 1.82) is 0 Å². The molecule has 1 unspecified atom stereocenters. The van der Waals surface area contributed by atoms with Crippen LogP contribution in [0.25, 0.3) is 0 Å². The molecule has 5 rings (SSSR count). The van der Waals surface area contributed by atoms with Gasteiger partial charge in [0, 0.05) is 23.1 Å². The van der Waals surface area contributed by atoms with Crippen LogP contribution in [-0.4, -0.2) is 26.3 Å². The Labute approximate surface area is 232 Å². The van der Waals surface area contributed by atoms with E-state index in [-0.39, 0.29) is 11.9 Å². The third-order valence-electron chi connectivity index (χ3n) is 8.01. The van der Waals surface area contributed by atoms with Gasteiger partial charge in [-0.2, -0.15) is 0 Å². The topological polar surface area (TPSA) is 59.6 Å². The summed E-state index contributed by atoms with van der Waals surface area (Å²) in [5, 5.41) is 7.71. The number of carbonyl (C=O) groups excluding carboxylic acids is 1. The van der Waals surface area contributed by atoms with Crippen LogP contribution >= 0.6 is 11.6 Å². The fraction of sp³-hybridized carbons (Fsp3) is 0.387. The summed E-state index contributed by atoms with van der Waals surface area (Å²) < 4.78 is 39.6. The smallest absolute Gasteiger partial charge is 0.337 e. The standard InChI is InChI=1S/C31H33ClF2N2O3/c1-38-30(37)22-9-7-20(8-10-22)15-16-39-19-25(21-5-3-2-4-6-21)31(23-11-13-24(32)14-12-23)35-28-17-26(33)27(34)18-29(28)36-31/h7-14,17-18,21,25,35-36H,2-6,15-16,19H2,1H3. The maximum atomic E-state index is 14.2. The molecule has 3 aromatic carbocycles. The molecule has 8 heteroatoms. The average Bonchev–Trinajstić information content (AvgIpc) is 3.32. The quantitative estimate of drug-likeness (QED) is 0.211. The molecule has 1 heterocycles. The lowest BCUT2D eigenvalue weighted by molar-refractivity contribution is 0.0408. The van der Waals surface area contributed by atoms with Crippen molar-refractivity contribution in [2.24, 2.45) is 11.8 Å². The number of fused-ring (bicyclic) bond motifs is 1. The van der Waals surface area contributed by atoms with Gasteiger partial charge in [0.15, 0.2) is 11.6 Å². The maximum absolute atomic E-state index is 14.2. The summed E-state index contributed by atoms with van der Waals surface area (Å²) in [7, 11) is 1.36. The second-order valence-electron chi connectivity index (χ2n) is 10.4. The van der Waals surface area contributed by atoms with E-state index in [0.717, 1.165) is 36.8 Å². The summed E-state index contributed by atoms with van der Waals surface area (Å²) in [4.78, 5) is 11.7. The summed E-state index contributed by atoms with van der Waals surface area (Å²) in [6.07, 6.45) is 6.28. The minimum Gasteiger partial charge on any atom is -0.465 e. The molecular weight excluding hydrogens is 522 g/mol. The van der Waals surface area contributed by atoms with Crippen LogP contribution in [0.4, 0.5) is 20.2 Å². The van der Waals surface area contributed by atoms with E-state index in [4.69, 9.17) is 21.1 Å². The van der Waals surface area contributed by atoms with Gasteiger partial charge in [-0.1, -0.05) is 55.1 Å². The van der Waals surface area contributed by atoms with Crippen molar-refractivity contribution in [2.45, 2.75) is 44.2 Å². The Morgan fingerprint density at radius 1 is 0.974 bits per heavy atom. The van der Waals surface area contributed by atoms with E-state index >= 15 is 0 Å². The van der Waals surface area contributed by atoms with Crippen molar-refractivity contribution in [3.8, 4) is 0 Å². The molecule has 0 bridgehead atoms. The number of halogens is 3. The van der Waals surface area contributed by atoms with Crippen LogP contribution in [0.5, 0.6) is 0 Å². The number of hydrogen-bond acceptors (Lipinski definition) is 5. The highest BCUT2D eigenvalue weighted by atomic mass is 35.5. The first kappa shape index (κ1) is 27.4. The van der Waals surface area contributed by atoms with Crippen LogP contribution in [0.3, 0.4) is 0 Å². The van der Waals surface area contributed by atoms with Gasteiger partial charge in [-0.05, 0) is 60.6 Å². The van der Waals surface area contributed by atoms with Crippen molar-refractivity contribution >= 4 is 28.9 Å². The number of esters is 1. The molecule has 3 aromatic rings. The summed E-state index contributed by atoms with van der Waals surface area (Å²) >= 11 is 6.23. The molecule has 0 amide bonds. The fourth-order valence-electron chi connectivity index (χ4n) is 5.94. The van der Waals surface area contributed by atoms with Crippen molar-refractivity contribution < 1.29 is 23.0 Å². The predicted molar refractivity (Wildman–Crippen MR) is 149 cm³/mol. The zero-order valence-electron chi connectivity index (χ0n) is 21.9. The van der Waals surface area contributed by atoms with E-state index in [1.54, 1.807) is 12.1 Å². The Bertz CT molecular complexity index is 1260. The Morgan fingerprint density at radius 2 is 1.59 bits per heavy atom. The molecule has 2 N–H and O–H groups in total. The number of hydrogen-bond donors (Lipinski definition) is 2. The van der Waals surface area contributed by atoms with Gasteiger partial charge in [-0.15, -0.1) is 0 Å². The number of rotatable bonds is 9. The Hall–Kier alpha value is -3.16. The highest BCUT2D eigenvalue weighted by Gasteiger charge is 2.48. The monoisotopic (exact) mass is 554 g/mol. The molecule has 1 fully saturated rings. The van der Waals surface area contributed by atoms with Gasteiger partial charge in [0.1, 0.15) is 5.66 Å². The number of methoxy groups -OCH3 is 1. The van der Waals surface area contributed by atoms with Gasteiger partial charge >= 0.3 is 5.97 Å². The highest BCUT2D eigenvalue weighted by molar-refractivity contribution is 6.30. The second-order valence-corrected chi connectivity index (χ2v) is 10.8. The minimum atomic E-state index is -0.890. The van der Waals surface area contributed by atoms with Crippen LogP contribution in [0.2, 0.25) is 5.02 Å². The van der Waals surface area contributed by atoms with E-state index < -0.39 is 17.3 Å². The Morgan fingerprint density at radius 3 is 2.18 bits per heavy atom. The van der Waals surface area contributed by atoms with Crippen LogP contribution < -0.4 is 10.6 Å². The first-order valence-corrected chi connectivity index (χ1v) is 13.8. The third kappa shape index (κ3) is 5.89. The lowest BCUT2D eigenvalue weighted by Crippen LogP contribution is -2.51. The first-order chi connectivity index (χ1) is 18.9. The van der Waals surface area contributed by atoms with Crippen molar-refractivity contribution in [3.05, 3.63) is 94.0 Å². The molecule has 206 valence electrons. The number of nitrogens with one attached hydrogen (secondary N) is 2. The average molecular weight is 555 g/mol. The van der Waals surface area contributed by atoms with Crippen molar-refractivity contribution in [2.75, 3.05) is 31.0 Å². The van der Waals surface area contributed by atoms with Gasteiger partial charge in [0.05, 0.1) is 37.3 Å². The van der Waals surface area contributed by atoms with Crippen molar-refractivity contribution in [3.63, 3.8) is 0 Å². The lowest BCUT2D eigenvalue weighted by Gasteiger charge is -2.44. The van der Waals surface area contributed by atoms with E-state index in [9.17, 15) is 13.6 Å². The molecular formula is C31H33ClF2N2O3. The number of carbonyl (C=O) groups is 1. The van der Waals surface area contributed by atoms with E-state index in [1.807, 2.05) is 36.4 Å². The summed E-state index contributed by atoms with van der Waals surface area (Å²) in [6, 6.07) is 17.3. The molecule has 2 aliphatic rings. The Kier molecular flexibility index (Phi) is 8.38. The van der Waals surface area contributed by atoms with Crippen LogP contribution in [-0.2, 0) is 21.6 Å². The molecule has 1 aliphatic heterocycles. The molecule has 39 heavy (non-hydrogen) atoms. The molecule has 0 aromatic heterocycles. The van der Waals surface area contributed by atoms with E-state index in [1.165, 1.54) is 25.7 Å². The minimum absolute atomic E-state index is 0.0285. The van der Waals surface area contributed by atoms with Crippen LogP contribution in [0, 0.1) is 23.5 Å². The zero-order chi connectivity index (χ0) is 27.4. The predicted octanol–water partition coefficient (Wildman–Crippen LogP) is 7.55. The Balaban J connectivity index is 1.39. The van der Waals surface area contributed by atoms with Crippen LogP contribution in [0.1, 0.15) is 53.6 Å². The zero-order valence-corrected chi connectivity index (χ0v) is 22.7. The molecule has 0 radical (unpaired) electrons. The normalized spacial score (nSPS) is 17.1. The number of benzene rings is 3. The van der Waals surface area contributed by atoms with Gasteiger partial charge in [-0.25, -0.2) is 13.6 Å². The molecule has 1 saturated carbocycles. The number of ether oxygens (including phenoxy) is 2. The van der Waals surface area contributed by atoms with Gasteiger partial charge in [0.25, 0.3) is 0 Å². The summed E-state index contributed by atoms with van der Waals surface area (Å²) in [6.45, 7) is 0.945. The SMILES string of the molecule is COC(=O)c1ccc(CCOCC(C2CCCCC2)C2(c3ccc(Cl)cc3)Nc3cc(F)c(F)cc3N2)cc1. The molecule has 5 nitrogen and oxygen atoms in total. The molecule has 1 atom stereocenters. The van der Waals surface area contributed by atoms with Crippen LogP contribution in [0.15, 0.2) is 60.7 Å². The number of anilines is 2. The molecule has 1 aliphatic carbocycles. The van der Waals surface area contributed by atoms with E-state index in [2.05, 4.69) is 10.6 Å². The van der Waals surface area contributed by atoms with Crippen molar-refractivity contribution in [1.82, 2.24) is 0 Å². The van der Waals surface area contributed by atoms with Gasteiger partial charge in [-0.3, -0.25) is 0 Å².